The van der Waals surface area contributed by atoms with Crippen LogP contribution in [-0.4, -0.2) is 21.8 Å². The molecule has 0 amide bonds. The van der Waals surface area contributed by atoms with E-state index in [1.54, 1.807) is 6.08 Å². The Bertz CT molecular complexity index is 528. The van der Waals surface area contributed by atoms with Crippen molar-refractivity contribution >= 4 is 5.78 Å². The van der Waals surface area contributed by atoms with E-state index in [4.69, 9.17) is 0 Å². The molecule has 1 fully saturated rings. The van der Waals surface area contributed by atoms with Gasteiger partial charge in [0.25, 0.3) is 0 Å². The maximum atomic E-state index is 12.0. The second-order valence-corrected chi connectivity index (χ2v) is 7.24. The number of hydrogen-bond acceptors (Lipinski definition) is 3. The van der Waals surface area contributed by atoms with Crippen LogP contribution in [0.4, 0.5) is 0 Å². The van der Waals surface area contributed by atoms with Crippen molar-refractivity contribution in [2.75, 3.05) is 0 Å². The fourth-order valence-corrected chi connectivity index (χ4v) is 3.50. The molecule has 132 valence electrons. The summed E-state index contributed by atoms with van der Waals surface area (Å²) in [5, 5.41) is 19.5. The first-order chi connectivity index (χ1) is 11.4. The van der Waals surface area contributed by atoms with Crippen LogP contribution < -0.4 is 0 Å². The molecule has 3 nitrogen and oxygen atoms in total. The summed E-state index contributed by atoms with van der Waals surface area (Å²) in [5.41, 5.74) is 1.32. The summed E-state index contributed by atoms with van der Waals surface area (Å²) in [5.74, 6) is -1.23. The van der Waals surface area contributed by atoms with E-state index in [1.807, 2.05) is 24.3 Å². The molecule has 0 saturated heterocycles. The minimum absolute atomic E-state index is 0.0955. The highest BCUT2D eigenvalue weighted by molar-refractivity contribution is 5.89. The Morgan fingerprint density at radius 2 is 1.96 bits per heavy atom. The molecule has 1 aliphatic carbocycles. The van der Waals surface area contributed by atoms with E-state index in [9.17, 15) is 15.0 Å². The van der Waals surface area contributed by atoms with Crippen molar-refractivity contribution in [3.63, 3.8) is 0 Å². The lowest BCUT2D eigenvalue weighted by Gasteiger charge is -2.34. The molecule has 0 aliphatic heterocycles. The van der Waals surface area contributed by atoms with Gasteiger partial charge in [0, 0.05) is 12.3 Å². The quantitative estimate of drug-likeness (QED) is 0.430. The summed E-state index contributed by atoms with van der Waals surface area (Å²) in [7, 11) is 0. The Morgan fingerprint density at radius 1 is 1.21 bits per heavy atom. The number of aryl methyl sites for hydroxylation is 1. The van der Waals surface area contributed by atoms with Crippen LogP contribution in [0.3, 0.4) is 0 Å². The number of benzene rings is 1. The third-order valence-electron chi connectivity index (χ3n) is 5.02. The zero-order chi connectivity index (χ0) is 17.4. The van der Waals surface area contributed by atoms with Gasteiger partial charge in [-0.1, -0.05) is 42.8 Å². The standard InChI is InChI=1S/C21H30O3/c1-21(23,24)19-12-7-11-18(16-19)14-15-20(22)13-6-5-10-17-8-3-2-4-9-17/h2-4,8-9,14-15,18-19,23-24H,5-7,10-13,16H2,1H3. The Balaban J connectivity index is 1.67. The molecule has 0 radical (unpaired) electrons. The van der Waals surface area contributed by atoms with Gasteiger partial charge in [-0.15, -0.1) is 0 Å². The van der Waals surface area contributed by atoms with Crippen LogP contribution in [0.2, 0.25) is 0 Å². The van der Waals surface area contributed by atoms with Crippen LogP contribution in [0.1, 0.15) is 57.4 Å². The first-order valence-electron chi connectivity index (χ1n) is 9.15. The van der Waals surface area contributed by atoms with Crippen molar-refractivity contribution in [1.29, 1.82) is 0 Å². The fourth-order valence-electron chi connectivity index (χ4n) is 3.50. The minimum atomic E-state index is -1.60. The van der Waals surface area contributed by atoms with E-state index < -0.39 is 5.79 Å². The van der Waals surface area contributed by atoms with E-state index in [1.165, 1.54) is 12.5 Å². The number of unbranched alkanes of at least 4 members (excludes halogenated alkanes) is 1. The summed E-state index contributed by atoms with van der Waals surface area (Å²) in [6.45, 7) is 1.46. The first-order valence-corrected chi connectivity index (χ1v) is 9.15. The third-order valence-corrected chi connectivity index (χ3v) is 5.02. The van der Waals surface area contributed by atoms with Crippen LogP contribution in [0.5, 0.6) is 0 Å². The molecule has 1 aliphatic rings. The Hall–Kier alpha value is -1.45. The highest BCUT2D eigenvalue weighted by Gasteiger charge is 2.33. The molecule has 1 saturated carbocycles. The van der Waals surface area contributed by atoms with Gasteiger partial charge >= 0.3 is 0 Å². The van der Waals surface area contributed by atoms with E-state index in [0.29, 0.717) is 6.42 Å². The molecule has 0 bridgehead atoms. The van der Waals surface area contributed by atoms with Crippen molar-refractivity contribution in [3.05, 3.63) is 48.0 Å². The number of ketones is 1. The molecule has 0 heterocycles. The summed E-state index contributed by atoms with van der Waals surface area (Å²) in [6, 6.07) is 10.4. The van der Waals surface area contributed by atoms with Gasteiger partial charge in [0.15, 0.2) is 11.6 Å². The maximum Gasteiger partial charge on any atom is 0.162 e. The summed E-state index contributed by atoms with van der Waals surface area (Å²) >= 11 is 0. The Kier molecular flexibility index (Phi) is 7.19. The molecular formula is C21H30O3. The molecule has 1 aromatic carbocycles. The van der Waals surface area contributed by atoms with Crippen LogP contribution in [0, 0.1) is 11.8 Å². The molecule has 2 unspecified atom stereocenters. The van der Waals surface area contributed by atoms with Gasteiger partial charge in [0.05, 0.1) is 0 Å². The number of carbonyl (C=O) groups is 1. The largest absolute Gasteiger partial charge is 0.366 e. The predicted molar refractivity (Wildman–Crippen MR) is 96.4 cm³/mol. The molecule has 3 heteroatoms. The average Bonchev–Trinajstić information content (AvgIpc) is 2.57. The monoisotopic (exact) mass is 330 g/mol. The zero-order valence-electron chi connectivity index (χ0n) is 14.7. The Morgan fingerprint density at radius 3 is 2.67 bits per heavy atom. The molecule has 2 N–H and O–H groups in total. The highest BCUT2D eigenvalue weighted by Crippen LogP contribution is 2.35. The summed E-state index contributed by atoms with van der Waals surface area (Å²) in [4.78, 5) is 12.0. The molecular weight excluding hydrogens is 300 g/mol. The van der Waals surface area contributed by atoms with Crippen LogP contribution in [0.25, 0.3) is 0 Å². The average molecular weight is 330 g/mol. The third kappa shape index (κ3) is 6.58. The maximum absolute atomic E-state index is 12.0. The van der Waals surface area contributed by atoms with E-state index in [2.05, 4.69) is 12.1 Å². The number of carbonyl (C=O) groups excluding carboxylic acids is 1. The molecule has 0 aromatic heterocycles. The van der Waals surface area contributed by atoms with Crippen LogP contribution in [-0.2, 0) is 11.2 Å². The normalized spacial score (nSPS) is 22.0. The van der Waals surface area contributed by atoms with E-state index in [-0.39, 0.29) is 17.6 Å². The van der Waals surface area contributed by atoms with Gasteiger partial charge in [-0.2, -0.15) is 0 Å². The summed E-state index contributed by atoms with van der Waals surface area (Å²) in [6.07, 6.45) is 10.9. The predicted octanol–water partition coefficient (Wildman–Crippen LogP) is 4.03. The molecule has 2 rings (SSSR count). The highest BCUT2D eigenvalue weighted by atomic mass is 16.5. The van der Waals surface area contributed by atoms with Crippen LogP contribution >= 0.6 is 0 Å². The lowest BCUT2D eigenvalue weighted by atomic mass is 9.77. The van der Waals surface area contributed by atoms with Gasteiger partial charge in [-0.25, -0.2) is 0 Å². The van der Waals surface area contributed by atoms with Crippen molar-refractivity contribution in [1.82, 2.24) is 0 Å². The van der Waals surface area contributed by atoms with E-state index >= 15 is 0 Å². The van der Waals surface area contributed by atoms with Crippen LogP contribution in [0.15, 0.2) is 42.5 Å². The molecule has 24 heavy (non-hydrogen) atoms. The van der Waals surface area contributed by atoms with Gasteiger partial charge in [-0.05, 0) is 63.0 Å². The molecule has 2 atom stereocenters. The fraction of sp³-hybridized carbons (Fsp3) is 0.571. The van der Waals surface area contributed by atoms with Gasteiger partial charge in [-0.3, -0.25) is 4.79 Å². The smallest absolute Gasteiger partial charge is 0.162 e. The van der Waals surface area contributed by atoms with Gasteiger partial charge in [0.2, 0.25) is 0 Å². The zero-order valence-corrected chi connectivity index (χ0v) is 14.7. The van der Waals surface area contributed by atoms with Crippen molar-refractivity contribution in [2.24, 2.45) is 11.8 Å². The lowest BCUT2D eigenvalue weighted by molar-refractivity contribution is -0.193. The molecule has 1 aromatic rings. The molecule has 0 spiro atoms. The number of aliphatic hydroxyl groups is 2. The summed E-state index contributed by atoms with van der Waals surface area (Å²) < 4.78 is 0. The Labute approximate surface area is 145 Å². The number of hydrogen-bond donors (Lipinski definition) is 2. The number of allylic oxidation sites excluding steroid dienone is 2. The van der Waals surface area contributed by atoms with Gasteiger partial charge in [0.1, 0.15) is 0 Å². The SMILES string of the molecule is CC(O)(O)C1CCCC(C=CC(=O)CCCCc2ccccc2)C1. The second-order valence-electron chi connectivity index (χ2n) is 7.24. The van der Waals surface area contributed by atoms with Crippen molar-refractivity contribution in [2.45, 2.75) is 64.1 Å². The lowest BCUT2D eigenvalue weighted by Crippen LogP contribution is -2.37. The number of rotatable bonds is 8. The van der Waals surface area contributed by atoms with Gasteiger partial charge < -0.3 is 10.2 Å². The van der Waals surface area contributed by atoms with E-state index in [0.717, 1.165) is 44.9 Å². The van der Waals surface area contributed by atoms with Crippen molar-refractivity contribution in [3.8, 4) is 0 Å². The second kappa shape index (κ2) is 9.14. The topological polar surface area (TPSA) is 57.5 Å². The minimum Gasteiger partial charge on any atom is -0.366 e. The van der Waals surface area contributed by atoms with Crippen molar-refractivity contribution < 1.29 is 15.0 Å². The first kappa shape index (κ1) is 18.9.